The molecule has 0 bridgehead atoms. The minimum Gasteiger partial charge on any atom is -0.337 e. The number of H-pyrrole nitrogens is 1. The molecule has 0 radical (unpaired) electrons. The molecule has 1 aliphatic heterocycles. The van der Waals surface area contributed by atoms with Crippen molar-refractivity contribution in [2.45, 2.75) is 25.7 Å². The van der Waals surface area contributed by atoms with Gasteiger partial charge in [0.25, 0.3) is 5.91 Å². The zero-order valence-electron chi connectivity index (χ0n) is 16.3. The second-order valence-electron chi connectivity index (χ2n) is 7.31. The highest BCUT2D eigenvalue weighted by molar-refractivity contribution is 5.92. The molecule has 29 heavy (non-hydrogen) atoms. The summed E-state index contributed by atoms with van der Waals surface area (Å²) in [5, 5.41) is 10.5. The summed E-state index contributed by atoms with van der Waals surface area (Å²) in [5.74, 6) is 0.0947. The van der Waals surface area contributed by atoms with Crippen LogP contribution in [0.2, 0.25) is 0 Å². The third-order valence-corrected chi connectivity index (χ3v) is 5.31. The fraction of sp³-hybridized carbons (Fsp3) is 0.273. The number of aryl methyl sites for hydroxylation is 1. The van der Waals surface area contributed by atoms with Crippen molar-refractivity contribution in [2.75, 3.05) is 13.1 Å². The molecule has 0 unspecified atom stereocenters. The number of nitrogens with one attached hydrogen (secondary N) is 1. The molecule has 0 saturated carbocycles. The summed E-state index contributed by atoms with van der Waals surface area (Å²) in [6.45, 7) is 3.22. The van der Waals surface area contributed by atoms with Gasteiger partial charge in [-0.1, -0.05) is 60.2 Å². The molecule has 1 amide bonds. The van der Waals surface area contributed by atoms with Gasteiger partial charge in [0.15, 0.2) is 0 Å². The topological polar surface area (TPSA) is 83.3 Å². The second-order valence-corrected chi connectivity index (χ2v) is 7.31. The van der Waals surface area contributed by atoms with Gasteiger partial charge in [-0.05, 0) is 36.8 Å². The highest BCUT2D eigenvalue weighted by Gasteiger charge is 2.28. The van der Waals surface area contributed by atoms with E-state index >= 15 is 0 Å². The van der Waals surface area contributed by atoms with Gasteiger partial charge in [-0.3, -0.25) is 9.59 Å². The number of likely N-dealkylation sites (tertiary alicyclic amines) is 1. The van der Waals surface area contributed by atoms with Crippen LogP contribution in [0.3, 0.4) is 0 Å². The molecular weight excluding hydrogens is 366 g/mol. The van der Waals surface area contributed by atoms with Gasteiger partial charge < -0.3 is 4.90 Å². The molecule has 0 spiro atoms. The Morgan fingerprint density at radius 2 is 1.79 bits per heavy atom. The van der Waals surface area contributed by atoms with E-state index in [0.717, 1.165) is 28.8 Å². The number of hydrogen-bond acceptors (Lipinski definition) is 4. The second kappa shape index (κ2) is 8.26. The van der Waals surface area contributed by atoms with Crippen LogP contribution in [0.25, 0.3) is 0 Å². The molecule has 7 heteroatoms. The fourth-order valence-corrected chi connectivity index (χ4v) is 3.58. The highest BCUT2D eigenvalue weighted by atomic mass is 16.2. The van der Waals surface area contributed by atoms with Gasteiger partial charge in [-0.15, -0.1) is 9.89 Å². The monoisotopic (exact) mass is 389 g/mol. The van der Waals surface area contributed by atoms with Gasteiger partial charge in [0.1, 0.15) is 0 Å². The zero-order chi connectivity index (χ0) is 20.2. The first-order chi connectivity index (χ1) is 14.1. The molecule has 2 aromatic carbocycles. The van der Waals surface area contributed by atoms with E-state index in [1.165, 1.54) is 5.56 Å². The van der Waals surface area contributed by atoms with E-state index in [-0.39, 0.29) is 11.6 Å². The molecule has 3 aromatic rings. The van der Waals surface area contributed by atoms with Gasteiger partial charge in [0, 0.05) is 13.1 Å². The number of hydrogen-bond donors (Lipinski definition) is 1. The molecule has 1 aromatic heterocycles. The van der Waals surface area contributed by atoms with E-state index in [1.54, 1.807) is 11.1 Å². The molecular formula is C22H23N5O2. The number of rotatable bonds is 4. The lowest BCUT2D eigenvalue weighted by Gasteiger charge is -2.31. The number of aromatic amines is 1. The first kappa shape index (κ1) is 18.9. The molecule has 148 valence electrons. The van der Waals surface area contributed by atoms with Crippen LogP contribution in [-0.4, -0.2) is 45.2 Å². The number of carbonyl (C=O) groups excluding carboxylic acids is 1. The first-order valence-corrected chi connectivity index (χ1v) is 9.74. The smallest absolute Gasteiger partial charge is 0.320 e. The van der Waals surface area contributed by atoms with Crippen LogP contribution >= 0.6 is 0 Å². The van der Waals surface area contributed by atoms with Crippen molar-refractivity contribution in [1.82, 2.24) is 20.0 Å². The molecule has 1 aliphatic rings. The Kier molecular flexibility index (Phi) is 5.37. The summed E-state index contributed by atoms with van der Waals surface area (Å²) < 4.78 is 0. The quantitative estimate of drug-likeness (QED) is 0.697. The van der Waals surface area contributed by atoms with Crippen molar-refractivity contribution < 1.29 is 4.79 Å². The number of nitrogens with zero attached hydrogens (tertiary/aromatic N) is 4. The maximum Gasteiger partial charge on any atom is 0.320 e. The highest BCUT2D eigenvalue weighted by Crippen LogP contribution is 2.28. The lowest BCUT2D eigenvalue weighted by atomic mass is 9.89. The summed E-state index contributed by atoms with van der Waals surface area (Å²) in [4.78, 5) is 28.0. The van der Waals surface area contributed by atoms with Crippen LogP contribution < -0.4 is 5.56 Å². The zero-order valence-corrected chi connectivity index (χ0v) is 16.3. The Bertz CT molecular complexity index is 1060. The third kappa shape index (κ3) is 4.18. The number of aromatic nitrogens is 3. The average Bonchev–Trinajstić information content (AvgIpc) is 3.14. The Morgan fingerprint density at radius 1 is 1.10 bits per heavy atom. The molecule has 7 nitrogen and oxygen atoms in total. The summed E-state index contributed by atoms with van der Waals surface area (Å²) in [6, 6.07) is 18.1. The predicted molar refractivity (Wildman–Crippen MR) is 111 cm³/mol. The van der Waals surface area contributed by atoms with E-state index in [0.29, 0.717) is 19.0 Å². The number of piperidine rings is 1. The lowest BCUT2D eigenvalue weighted by molar-refractivity contribution is 0.0705. The van der Waals surface area contributed by atoms with Gasteiger partial charge in [-0.2, -0.15) is 10.3 Å². The Labute approximate surface area is 168 Å². The maximum atomic E-state index is 12.8. The van der Waals surface area contributed by atoms with Crippen LogP contribution in [0.15, 0.2) is 64.5 Å². The van der Waals surface area contributed by atoms with E-state index in [1.807, 2.05) is 49.4 Å². The van der Waals surface area contributed by atoms with Crippen molar-refractivity contribution >= 4 is 12.1 Å². The van der Waals surface area contributed by atoms with Crippen molar-refractivity contribution in [1.29, 1.82) is 0 Å². The third-order valence-electron chi connectivity index (χ3n) is 5.31. The first-order valence-electron chi connectivity index (χ1n) is 9.74. The van der Waals surface area contributed by atoms with Gasteiger partial charge in [-0.25, -0.2) is 0 Å². The largest absolute Gasteiger partial charge is 0.337 e. The maximum absolute atomic E-state index is 12.8. The van der Waals surface area contributed by atoms with Gasteiger partial charge in [0.05, 0.1) is 6.21 Å². The van der Waals surface area contributed by atoms with Gasteiger partial charge >= 0.3 is 5.56 Å². The Morgan fingerprint density at radius 3 is 2.48 bits per heavy atom. The molecule has 1 saturated heterocycles. The summed E-state index contributed by atoms with van der Waals surface area (Å²) in [7, 11) is 0. The minimum absolute atomic E-state index is 0.121. The lowest BCUT2D eigenvalue weighted by Crippen LogP contribution is -2.40. The van der Waals surface area contributed by atoms with Crippen molar-refractivity contribution in [3.05, 3.63) is 87.3 Å². The number of carbonyl (C=O) groups is 1. The number of benzene rings is 2. The van der Waals surface area contributed by atoms with Crippen LogP contribution in [0, 0.1) is 6.92 Å². The van der Waals surface area contributed by atoms with Crippen LogP contribution in [0.1, 0.15) is 45.9 Å². The Hall–Kier alpha value is -3.48. The van der Waals surface area contributed by atoms with Crippen molar-refractivity contribution in [2.24, 2.45) is 5.10 Å². The van der Waals surface area contributed by atoms with Crippen molar-refractivity contribution in [3.8, 4) is 0 Å². The van der Waals surface area contributed by atoms with Gasteiger partial charge in [0.2, 0.25) is 5.69 Å². The van der Waals surface area contributed by atoms with Crippen molar-refractivity contribution in [3.63, 3.8) is 0 Å². The van der Waals surface area contributed by atoms with E-state index in [4.69, 9.17) is 0 Å². The summed E-state index contributed by atoms with van der Waals surface area (Å²) >= 11 is 0. The Balaban J connectivity index is 1.42. The van der Waals surface area contributed by atoms with E-state index in [9.17, 15) is 9.59 Å². The molecule has 1 fully saturated rings. The summed E-state index contributed by atoms with van der Waals surface area (Å²) in [5.41, 5.74) is 2.64. The predicted octanol–water partition coefficient (Wildman–Crippen LogP) is 2.78. The normalized spacial score (nSPS) is 15.1. The number of amides is 1. The molecule has 0 atom stereocenters. The fourth-order valence-electron chi connectivity index (χ4n) is 3.58. The summed E-state index contributed by atoms with van der Waals surface area (Å²) in [6.07, 6.45) is 3.30. The molecule has 4 rings (SSSR count). The molecule has 0 aliphatic carbocycles. The average molecular weight is 389 g/mol. The van der Waals surface area contributed by atoms with Crippen LogP contribution in [-0.2, 0) is 0 Å². The molecule has 2 heterocycles. The molecule has 1 N–H and O–H groups in total. The standard InChI is InChI=1S/C22H23N5O2/c1-16-7-9-17(10-8-16)15-23-27-22(29)20(24-25-27)21(28)26-13-11-19(12-14-26)18-5-3-2-4-6-18/h2-10,15,19,25H,11-14H2,1H3. The SMILES string of the molecule is Cc1ccc(C=Nn2[nH]nc(C(=O)N3CCC(c4ccccc4)CC3)c2=O)cc1. The van der Waals surface area contributed by atoms with Crippen LogP contribution in [0.5, 0.6) is 0 Å². The van der Waals surface area contributed by atoms with E-state index in [2.05, 4.69) is 27.5 Å². The van der Waals surface area contributed by atoms with Crippen LogP contribution in [0.4, 0.5) is 0 Å². The minimum atomic E-state index is -0.538. The van der Waals surface area contributed by atoms with E-state index < -0.39 is 5.56 Å².